The maximum Gasteiger partial charge on any atom is 1.00 e. The molecule has 1 aliphatic carbocycles. The molecule has 0 aromatic heterocycles. The van der Waals surface area contributed by atoms with Gasteiger partial charge in [-0.3, -0.25) is 4.79 Å². The summed E-state index contributed by atoms with van der Waals surface area (Å²) >= 11 is 0. The average Bonchev–Trinajstić information content (AvgIpc) is 2.54. The number of rotatable bonds is 3. The fourth-order valence-electron chi connectivity index (χ4n) is 2.72. The van der Waals surface area contributed by atoms with Gasteiger partial charge in [-0.05, 0) is 25.8 Å². The number of fused-ring (bicyclic) bond motifs is 1. The smallest absolute Gasteiger partial charge is 0.461 e. The predicted molar refractivity (Wildman–Crippen MR) is 88.0 cm³/mol. The van der Waals surface area contributed by atoms with E-state index in [1.54, 1.807) is 0 Å². The van der Waals surface area contributed by atoms with Gasteiger partial charge in [0.05, 0.1) is 0 Å². The Morgan fingerprint density at radius 2 is 1.70 bits per heavy atom. The normalized spacial score (nSPS) is 13.0. The molecule has 112 valence electrons. The van der Waals surface area contributed by atoms with Crippen LogP contribution in [-0.2, 0) is 15.1 Å². The molecule has 0 unspecified atom stereocenters. The molecule has 0 radical (unpaired) electrons. The molecule has 0 heterocycles. The van der Waals surface area contributed by atoms with Gasteiger partial charge in [-0.2, -0.15) is 11.6 Å². The fraction of sp³-hybridized carbons (Fsp3) is 0.200. The van der Waals surface area contributed by atoms with Crippen molar-refractivity contribution in [3.8, 4) is 0 Å². The van der Waals surface area contributed by atoms with Crippen molar-refractivity contribution in [2.24, 2.45) is 0 Å². The Bertz CT molecular complexity index is 705. The van der Waals surface area contributed by atoms with Gasteiger partial charge in [-0.1, -0.05) is 42.3 Å². The van der Waals surface area contributed by atoms with Gasteiger partial charge in [-0.15, -0.1) is 29.8 Å². The van der Waals surface area contributed by atoms with E-state index in [-0.39, 0.29) is 24.8 Å². The van der Waals surface area contributed by atoms with Gasteiger partial charge in [0.2, 0.25) is 0 Å². The van der Waals surface area contributed by atoms with Crippen molar-refractivity contribution in [1.82, 2.24) is 0 Å². The standard InChI is InChI=1S/C20H19O2.Li/c1-20(2,16-11-4-3-5-12-16)22-19(21)18-14-8-10-15-9-6-7-13-17(15)18;/h3-13H,14H2,1-2H3;/q-1;+1. The Morgan fingerprint density at radius 3 is 2.43 bits per heavy atom. The number of hydrogen-bond acceptors (Lipinski definition) is 2. The first kappa shape index (κ1) is 17.5. The molecule has 3 rings (SSSR count). The maximum atomic E-state index is 12.7. The zero-order chi connectivity index (χ0) is 15.6. The fourth-order valence-corrected chi connectivity index (χ4v) is 2.72. The van der Waals surface area contributed by atoms with E-state index >= 15 is 0 Å². The second-order valence-corrected chi connectivity index (χ2v) is 5.94. The number of esters is 1. The van der Waals surface area contributed by atoms with E-state index in [4.69, 9.17) is 4.74 Å². The van der Waals surface area contributed by atoms with E-state index in [0.717, 1.165) is 22.6 Å². The number of carbonyl (C=O) groups is 1. The van der Waals surface area contributed by atoms with Crippen molar-refractivity contribution in [3.05, 3.63) is 83.3 Å². The van der Waals surface area contributed by atoms with Crippen LogP contribution in [0.2, 0.25) is 0 Å². The van der Waals surface area contributed by atoms with E-state index in [1.165, 1.54) is 0 Å². The van der Waals surface area contributed by atoms with Crippen LogP contribution in [0.15, 0.2) is 60.7 Å². The summed E-state index contributed by atoms with van der Waals surface area (Å²) in [4.78, 5) is 12.7. The molecule has 0 aliphatic heterocycles. The minimum absolute atomic E-state index is 0. The molecule has 0 spiro atoms. The first-order chi connectivity index (χ1) is 10.6. The molecule has 0 N–H and O–H groups in total. The van der Waals surface area contributed by atoms with E-state index in [2.05, 4.69) is 6.08 Å². The first-order valence-electron chi connectivity index (χ1n) is 7.48. The molecular formula is C20H19LiO2. The van der Waals surface area contributed by atoms with Gasteiger partial charge in [0, 0.05) is 0 Å². The summed E-state index contributed by atoms with van der Waals surface area (Å²) in [7, 11) is 0. The third-order valence-electron chi connectivity index (χ3n) is 3.97. The minimum Gasteiger partial charge on any atom is -0.461 e. The summed E-state index contributed by atoms with van der Waals surface area (Å²) in [5.74, 6) is 0.479. The summed E-state index contributed by atoms with van der Waals surface area (Å²) in [6, 6.07) is 17.7. The van der Waals surface area contributed by atoms with Crippen LogP contribution in [-0.4, -0.2) is 5.97 Å². The van der Waals surface area contributed by atoms with Crippen LogP contribution < -0.4 is 18.9 Å². The van der Waals surface area contributed by atoms with Gasteiger partial charge < -0.3 is 4.74 Å². The second kappa shape index (κ2) is 7.13. The zero-order valence-electron chi connectivity index (χ0n) is 13.9. The first-order valence-corrected chi connectivity index (χ1v) is 7.48. The van der Waals surface area contributed by atoms with Crippen LogP contribution in [0.3, 0.4) is 0 Å². The largest absolute Gasteiger partial charge is 1.00 e. The van der Waals surface area contributed by atoms with E-state index in [0.29, 0.717) is 6.42 Å². The molecule has 0 amide bonds. The van der Waals surface area contributed by atoms with Crippen LogP contribution in [0.25, 0.3) is 6.08 Å². The molecule has 0 bridgehead atoms. The summed E-state index contributed by atoms with van der Waals surface area (Å²) in [5, 5.41) is 0. The number of hydrogen-bond donors (Lipinski definition) is 0. The Hall–Kier alpha value is -1.88. The molecular weight excluding hydrogens is 279 g/mol. The Morgan fingerprint density at radius 1 is 1.04 bits per heavy atom. The molecule has 0 saturated carbocycles. The molecule has 23 heavy (non-hydrogen) atoms. The SMILES string of the molecule is CC(C)(OC(=O)[C-]1CC=Cc2ccccc21)c1ccccc1.[Li+]. The van der Waals surface area contributed by atoms with Gasteiger partial charge in [0.1, 0.15) is 5.60 Å². The number of allylic oxidation sites excluding steroid dienone is 1. The Kier molecular flexibility index (Phi) is 5.41. The minimum atomic E-state index is -0.651. The van der Waals surface area contributed by atoms with E-state index < -0.39 is 5.60 Å². The van der Waals surface area contributed by atoms with Crippen LogP contribution in [0.1, 0.15) is 37.0 Å². The van der Waals surface area contributed by atoms with Crippen molar-refractivity contribution in [1.29, 1.82) is 0 Å². The van der Waals surface area contributed by atoms with Gasteiger partial charge in [-0.25, -0.2) is 0 Å². The van der Waals surface area contributed by atoms with Crippen molar-refractivity contribution in [2.45, 2.75) is 25.9 Å². The number of ether oxygens (including phenoxy) is 1. The molecule has 0 fully saturated rings. The monoisotopic (exact) mass is 298 g/mol. The maximum absolute atomic E-state index is 12.7. The van der Waals surface area contributed by atoms with Crippen LogP contribution in [0, 0.1) is 5.92 Å². The molecule has 1 aliphatic rings. The molecule has 0 atom stereocenters. The second-order valence-electron chi connectivity index (χ2n) is 5.94. The Labute approximate surface area is 149 Å². The summed E-state index contributed by atoms with van der Waals surface area (Å²) in [6.45, 7) is 3.84. The summed E-state index contributed by atoms with van der Waals surface area (Å²) in [5.41, 5.74) is 2.38. The molecule has 0 saturated heterocycles. The number of carbonyl (C=O) groups excluding carboxylic acids is 1. The third-order valence-corrected chi connectivity index (χ3v) is 3.97. The predicted octanol–water partition coefficient (Wildman–Crippen LogP) is 1.51. The number of benzene rings is 2. The quantitative estimate of drug-likeness (QED) is 0.488. The zero-order valence-corrected chi connectivity index (χ0v) is 13.9. The van der Waals surface area contributed by atoms with E-state index in [9.17, 15) is 4.79 Å². The van der Waals surface area contributed by atoms with Crippen molar-refractivity contribution in [3.63, 3.8) is 0 Å². The topological polar surface area (TPSA) is 26.3 Å². The summed E-state index contributed by atoms with van der Waals surface area (Å²) < 4.78 is 5.81. The van der Waals surface area contributed by atoms with Crippen LogP contribution in [0.5, 0.6) is 0 Å². The van der Waals surface area contributed by atoms with Crippen molar-refractivity contribution < 1.29 is 28.4 Å². The van der Waals surface area contributed by atoms with Crippen LogP contribution >= 0.6 is 0 Å². The molecule has 2 aromatic rings. The Balaban J connectivity index is 0.00000192. The van der Waals surface area contributed by atoms with Crippen molar-refractivity contribution in [2.75, 3.05) is 0 Å². The molecule has 2 aromatic carbocycles. The van der Waals surface area contributed by atoms with Crippen molar-refractivity contribution >= 4 is 12.0 Å². The summed E-state index contributed by atoms with van der Waals surface area (Å²) in [6.07, 6.45) is 4.67. The van der Waals surface area contributed by atoms with E-state index in [1.807, 2.05) is 74.5 Å². The van der Waals surface area contributed by atoms with Gasteiger partial charge >= 0.3 is 18.9 Å². The third kappa shape index (κ3) is 3.72. The van der Waals surface area contributed by atoms with Gasteiger partial charge in [0.15, 0.2) is 0 Å². The van der Waals surface area contributed by atoms with Gasteiger partial charge in [0.25, 0.3) is 5.97 Å². The molecule has 3 heteroatoms. The van der Waals surface area contributed by atoms with Crippen LogP contribution in [0.4, 0.5) is 0 Å². The average molecular weight is 298 g/mol. The molecule has 2 nitrogen and oxygen atoms in total.